The molecule has 17 heteroatoms. The van der Waals surface area contributed by atoms with Crippen molar-refractivity contribution in [1.82, 2.24) is 25.2 Å². The zero-order valence-electron chi connectivity index (χ0n) is 37.7. The smallest absolute Gasteiger partial charge is 0.408 e. The summed E-state index contributed by atoms with van der Waals surface area (Å²) < 4.78 is 67.0. The van der Waals surface area contributed by atoms with E-state index in [1.807, 2.05) is 19.1 Å². The molecule has 0 spiro atoms. The number of nitrogens with one attached hydrogen (secondary N) is 3. The largest absolute Gasteiger partial charge is 0.497 e. The van der Waals surface area contributed by atoms with Crippen molar-refractivity contribution in [3.63, 3.8) is 0 Å². The Balaban J connectivity index is 1.26. The molecule has 346 valence electrons. The minimum absolute atomic E-state index is 0.0560. The number of hydrogen-bond donors (Lipinski definition) is 3. The molecule has 3 aromatic rings. The first-order valence-corrected chi connectivity index (χ1v) is 23.7. The standard InChI is InChI=1S/C47H60FN5O10S/c1-26(2)61-39-18-13-29(21-36(39)48)37-22-30-20-32(60-8)14-17-35(30)42(49-37)62-33-23-38-41(54)51-47(44(56)52-64(58,59)34-15-16-34)24-31(47)12-10-9-11-27(3)19-28(4)40(43(55)53(38)25-33)50-45(57)63-46(5,6)7/h10,12-14,17-18,20-22,26-28,31,33-34,38,40H,9,11,15-16,19,23-25H2,1-8H3,(H,50,57)(H,51,54)(H,52,56). The number of hydrogen-bond acceptors (Lipinski definition) is 11. The molecule has 0 radical (unpaired) electrons. The van der Waals surface area contributed by atoms with Crippen LogP contribution in [0.5, 0.6) is 17.4 Å². The molecule has 0 bridgehead atoms. The van der Waals surface area contributed by atoms with Crippen molar-refractivity contribution in [2.75, 3.05) is 13.7 Å². The summed E-state index contributed by atoms with van der Waals surface area (Å²) in [6.45, 7) is 12.6. The predicted octanol–water partition coefficient (Wildman–Crippen LogP) is 6.57. The van der Waals surface area contributed by atoms with Gasteiger partial charge < -0.3 is 34.5 Å². The Hall–Kier alpha value is -5.45. The molecule has 4 aliphatic rings. The van der Waals surface area contributed by atoms with E-state index >= 15 is 9.18 Å². The molecule has 1 aromatic heterocycles. The van der Waals surface area contributed by atoms with Crippen molar-refractivity contribution in [3.05, 3.63) is 60.4 Å². The maximum atomic E-state index is 15.3. The van der Waals surface area contributed by atoms with Crippen LogP contribution in [0, 0.1) is 23.6 Å². The first kappa shape index (κ1) is 46.5. The van der Waals surface area contributed by atoms with Gasteiger partial charge in [-0.1, -0.05) is 26.0 Å². The number of alkyl carbamates (subject to hydrolysis) is 1. The number of carbonyl (C=O) groups is 4. The van der Waals surface area contributed by atoms with Crippen molar-refractivity contribution >= 4 is 44.6 Å². The summed E-state index contributed by atoms with van der Waals surface area (Å²) in [4.78, 5) is 63.3. The number of methoxy groups -OCH3 is 1. The Labute approximate surface area is 374 Å². The van der Waals surface area contributed by atoms with Crippen LogP contribution in [0.1, 0.15) is 93.4 Å². The lowest BCUT2D eigenvalue weighted by atomic mass is 9.88. The third kappa shape index (κ3) is 10.6. The van der Waals surface area contributed by atoms with Gasteiger partial charge in [-0.3, -0.25) is 19.1 Å². The highest BCUT2D eigenvalue weighted by atomic mass is 32.2. The molecular weight excluding hydrogens is 846 g/mol. The summed E-state index contributed by atoms with van der Waals surface area (Å²) in [6.07, 6.45) is 4.83. The highest BCUT2D eigenvalue weighted by Gasteiger charge is 2.62. The lowest BCUT2D eigenvalue weighted by molar-refractivity contribution is -0.142. The van der Waals surface area contributed by atoms with E-state index in [0.29, 0.717) is 53.5 Å². The van der Waals surface area contributed by atoms with Crippen LogP contribution in [0.2, 0.25) is 0 Å². The zero-order chi connectivity index (χ0) is 46.3. The number of ether oxygens (including phenoxy) is 4. The summed E-state index contributed by atoms with van der Waals surface area (Å²) in [7, 11) is -2.42. The number of aromatic nitrogens is 1. The van der Waals surface area contributed by atoms with Gasteiger partial charge in [-0.2, -0.15) is 0 Å². The van der Waals surface area contributed by atoms with Gasteiger partial charge in [0.25, 0.3) is 5.91 Å². The number of sulfonamides is 1. The molecule has 7 unspecified atom stereocenters. The molecule has 2 saturated carbocycles. The molecule has 7 rings (SSSR count). The van der Waals surface area contributed by atoms with E-state index in [-0.39, 0.29) is 43.0 Å². The first-order chi connectivity index (χ1) is 30.2. The quantitative estimate of drug-likeness (QED) is 0.187. The summed E-state index contributed by atoms with van der Waals surface area (Å²) in [6, 6.07) is 9.30. The number of carbonyl (C=O) groups excluding carboxylic acids is 4. The fourth-order valence-corrected chi connectivity index (χ4v) is 10.0. The Morgan fingerprint density at radius 1 is 1.03 bits per heavy atom. The Morgan fingerprint density at radius 2 is 1.78 bits per heavy atom. The number of fused-ring (bicyclic) bond motifs is 3. The average molecular weight is 906 g/mol. The van der Waals surface area contributed by atoms with Crippen LogP contribution in [-0.4, -0.2) is 96.5 Å². The third-order valence-corrected chi connectivity index (χ3v) is 14.0. The van der Waals surface area contributed by atoms with Crippen LogP contribution < -0.4 is 29.6 Å². The highest BCUT2D eigenvalue weighted by Crippen LogP contribution is 2.46. The van der Waals surface area contributed by atoms with Gasteiger partial charge in [0.1, 0.15) is 35.1 Å². The molecule has 7 atom stereocenters. The van der Waals surface area contributed by atoms with Gasteiger partial charge in [0.05, 0.1) is 30.7 Å². The van der Waals surface area contributed by atoms with Gasteiger partial charge in [0.2, 0.25) is 27.7 Å². The third-order valence-electron chi connectivity index (χ3n) is 12.2. The number of pyridine rings is 1. The molecule has 2 aromatic carbocycles. The van der Waals surface area contributed by atoms with Gasteiger partial charge >= 0.3 is 6.09 Å². The number of rotatable bonds is 10. The summed E-state index contributed by atoms with van der Waals surface area (Å²) in [5.41, 5.74) is -1.63. The molecule has 2 aliphatic carbocycles. The summed E-state index contributed by atoms with van der Waals surface area (Å²) in [5.74, 6) is -2.62. The Kier molecular flexibility index (Phi) is 13.2. The lowest BCUT2D eigenvalue weighted by Gasteiger charge is -2.33. The maximum Gasteiger partial charge on any atom is 0.408 e. The van der Waals surface area contributed by atoms with Crippen molar-refractivity contribution in [2.45, 2.75) is 134 Å². The van der Waals surface area contributed by atoms with Crippen LogP contribution >= 0.6 is 0 Å². The molecule has 3 heterocycles. The van der Waals surface area contributed by atoms with E-state index in [2.05, 4.69) is 22.3 Å². The second-order valence-electron chi connectivity index (χ2n) is 19.1. The van der Waals surface area contributed by atoms with Crippen LogP contribution in [-0.2, 0) is 29.1 Å². The molecule has 3 fully saturated rings. The maximum absolute atomic E-state index is 15.3. The van der Waals surface area contributed by atoms with E-state index in [1.54, 1.807) is 65.0 Å². The van der Waals surface area contributed by atoms with E-state index in [1.165, 1.54) is 24.1 Å². The van der Waals surface area contributed by atoms with Gasteiger partial charge in [-0.25, -0.2) is 22.6 Å². The fourth-order valence-electron chi connectivity index (χ4n) is 8.67. The van der Waals surface area contributed by atoms with Crippen LogP contribution in [0.4, 0.5) is 9.18 Å². The lowest BCUT2D eigenvalue weighted by Crippen LogP contribution is -2.59. The summed E-state index contributed by atoms with van der Waals surface area (Å²) >= 11 is 0. The van der Waals surface area contributed by atoms with Crippen molar-refractivity contribution in [1.29, 1.82) is 0 Å². The fraction of sp³-hybridized carbons (Fsp3) is 0.553. The van der Waals surface area contributed by atoms with Crippen molar-refractivity contribution < 1.29 is 50.9 Å². The van der Waals surface area contributed by atoms with E-state index in [4.69, 9.17) is 23.9 Å². The Bertz CT molecular complexity index is 2440. The number of benzene rings is 2. The second-order valence-corrected chi connectivity index (χ2v) is 21.0. The van der Waals surface area contributed by atoms with Crippen LogP contribution in [0.3, 0.4) is 0 Å². The topological polar surface area (TPSA) is 192 Å². The normalized spacial score (nSPS) is 26.5. The molecule has 1 saturated heterocycles. The number of nitrogens with zero attached hydrogens (tertiary/aromatic N) is 2. The molecule has 4 amide bonds. The molecule has 15 nitrogen and oxygen atoms in total. The monoisotopic (exact) mass is 905 g/mol. The predicted molar refractivity (Wildman–Crippen MR) is 238 cm³/mol. The van der Waals surface area contributed by atoms with E-state index in [9.17, 15) is 22.8 Å². The van der Waals surface area contributed by atoms with E-state index in [0.717, 1.165) is 6.42 Å². The van der Waals surface area contributed by atoms with Gasteiger partial charge in [-0.05, 0) is 133 Å². The molecule has 2 aliphatic heterocycles. The molecule has 3 N–H and O–H groups in total. The number of allylic oxidation sites excluding steroid dienone is 1. The minimum atomic E-state index is -3.95. The second kappa shape index (κ2) is 18.2. The number of halogens is 1. The SMILES string of the molecule is COc1ccc2c(OC3CC4C(=O)NC5(C(=O)NS(=O)(=O)C6CC6)CC5C=CCCC(C)CC(C)C(NC(=O)OC(C)(C)C)C(=O)N4C3)nc(-c3ccc(OC(C)C)c(F)c3)cc2c1. The van der Waals surface area contributed by atoms with Crippen LogP contribution in [0.15, 0.2) is 54.6 Å². The van der Waals surface area contributed by atoms with Gasteiger partial charge in [0, 0.05) is 23.3 Å². The van der Waals surface area contributed by atoms with Gasteiger partial charge in [-0.15, -0.1) is 0 Å². The number of amides is 4. The first-order valence-electron chi connectivity index (χ1n) is 22.1. The van der Waals surface area contributed by atoms with E-state index < -0.39 is 86.1 Å². The Morgan fingerprint density at radius 3 is 2.45 bits per heavy atom. The van der Waals surface area contributed by atoms with Crippen LogP contribution in [0.25, 0.3) is 22.0 Å². The zero-order valence-corrected chi connectivity index (χ0v) is 38.6. The van der Waals surface area contributed by atoms with Crippen molar-refractivity contribution in [2.24, 2.45) is 17.8 Å². The minimum Gasteiger partial charge on any atom is -0.497 e. The summed E-state index contributed by atoms with van der Waals surface area (Å²) in [5, 5.41) is 6.28. The molecule has 64 heavy (non-hydrogen) atoms. The average Bonchev–Trinajstić information content (AvgIpc) is 4.14. The van der Waals surface area contributed by atoms with Gasteiger partial charge in [0.15, 0.2) is 11.6 Å². The molecular formula is C47H60FN5O10S. The highest BCUT2D eigenvalue weighted by molar-refractivity contribution is 7.91. The van der Waals surface area contributed by atoms with Crippen molar-refractivity contribution in [3.8, 4) is 28.6 Å².